The van der Waals surface area contributed by atoms with Gasteiger partial charge in [-0.25, -0.2) is 0 Å². The third kappa shape index (κ3) is 4.12. The van der Waals surface area contributed by atoms with E-state index < -0.39 is 18.6 Å². The minimum atomic E-state index is -3.33. The van der Waals surface area contributed by atoms with Crippen LogP contribution in [0.25, 0.3) is 0 Å². The molecule has 0 aliphatic rings. The summed E-state index contributed by atoms with van der Waals surface area (Å²) >= 11 is 0. The van der Waals surface area contributed by atoms with Crippen LogP contribution in [0.1, 0.15) is 19.8 Å². The van der Waals surface area contributed by atoms with Gasteiger partial charge in [-0.2, -0.15) is 8.78 Å². The van der Waals surface area contributed by atoms with E-state index in [0.717, 1.165) is 0 Å². The van der Waals surface area contributed by atoms with E-state index in [-0.39, 0.29) is 12.2 Å². The van der Waals surface area contributed by atoms with Gasteiger partial charge >= 0.3 is 5.92 Å². The summed E-state index contributed by atoms with van der Waals surface area (Å²) < 4.78 is 24.0. The fraction of sp³-hybridized carbons (Fsp3) is 0.667. The third-order valence-corrected chi connectivity index (χ3v) is 0.983. The Morgan fingerprint density at radius 3 is 2.40 bits per heavy atom. The van der Waals surface area contributed by atoms with E-state index >= 15 is 0 Å². The number of Topliss-reactive ketones (excluding diaryl/α,β-unsaturated/α-hetero) is 1. The Balaban J connectivity index is 3.67. The maximum Gasteiger partial charge on any atom is 0.302 e. The number of ketones is 1. The van der Waals surface area contributed by atoms with Crippen LogP contribution in [0.2, 0.25) is 0 Å². The molecule has 0 aromatic rings. The topological polar surface area (TPSA) is 34.1 Å². The number of alkyl halides is 2. The SMILES string of the molecule is CC(=O)CCC(F)(F)C=O. The normalized spacial score (nSPS) is 11.1. The number of hydrogen-bond donors (Lipinski definition) is 0. The van der Waals surface area contributed by atoms with Crippen LogP contribution in [0.5, 0.6) is 0 Å². The molecule has 0 atom stereocenters. The van der Waals surface area contributed by atoms with Crippen molar-refractivity contribution in [3.8, 4) is 0 Å². The highest BCUT2D eigenvalue weighted by Crippen LogP contribution is 2.16. The zero-order chi connectivity index (χ0) is 8.20. The number of carbonyl (C=O) groups excluding carboxylic acids is 2. The number of carbonyl (C=O) groups is 2. The molecule has 0 bridgehead atoms. The van der Waals surface area contributed by atoms with Gasteiger partial charge in [0.2, 0.25) is 0 Å². The zero-order valence-electron chi connectivity index (χ0n) is 5.56. The molecule has 0 amide bonds. The van der Waals surface area contributed by atoms with Gasteiger partial charge in [-0.3, -0.25) is 4.79 Å². The highest BCUT2D eigenvalue weighted by Gasteiger charge is 2.27. The molecule has 58 valence electrons. The lowest BCUT2D eigenvalue weighted by Crippen LogP contribution is -2.18. The minimum absolute atomic E-state index is 0.244. The summed E-state index contributed by atoms with van der Waals surface area (Å²) in [6.07, 6.45) is -1.35. The lowest BCUT2D eigenvalue weighted by molar-refractivity contribution is -0.131. The summed E-state index contributed by atoms with van der Waals surface area (Å²) in [5.41, 5.74) is 0. The molecule has 2 nitrogen and oxygen atoms in total. The van der Waals surface area contributed by atoms with Crippen LogP contribution < -0.4 is 0 Å². The van der Waals surface area contributed by atoms with E-state index in [9.17, 15) is 18.4 Å². The average molecular weight is 150 g/mol. The highest BCUT2D eigenvalue weighted by atomic mass is 19.3. The fourth-order valence-corrected chi connectivity index (χ4v) is 0.402. The van der Waals surface area contributed by atoms with Crippen molar-refractivity contribution < 1.29 is 18.4 Å². The van der Waals surface area contributed by atoms with E-state index in [4.69, 9.17) is 0 Å². The predicted molar refractivity (Wildman–Crippen MR) is 30.9 cm³/mol. The van der Waals surface area contributed by atoms with Crippen LogP contribution in [-0.2, 0) is 9.59 Å². The first-order chi connectivity index (χ1) is 4.48. The van der Waals surface area contributed by atoms with Crippen LogP contribution in [0.3, 0.4) is 0 Å². The molecule has 0 fully saturated rings. The second-order valence-corrected chi connectivity index (χ2v) is 2.08. The summed E-state index contributed by atoms with van der Waals surface area (Å²) in [4.78, 5) is 19.7. The van der Waals surface area contributed by atoms with Crippen molar-refractivity contribution >= 4 is 12.1 Å². The second kappa shape index (κ2) is 3.39. The molecule has 0 rings (SSSR count). The molecule has 0 radical (unpaired) electrons. The van der Waals surface area contributed by atoms with Gasteiger partial charge in [0.25, 0.3) is 0 Å². The molecule has 10 heavy (non-hydrogen) atoms. The third-order valence-electron chi connectivity index (χ3n) is 0.983. The van der Waals surface area contributed by atoms with Crippen molar-refractivity contribution in [1.29, 1.82) is 0 Å². The van der Waals surface area contributed by atoms with Crippen molar-refractivity contribution in [3.05, 3.63) is 0 Å². The summed E-state index contributed by atoms with van der Waals surface area (Å²) in [6, 6.07) is 0. The van der Waals surface area contributed by atoms with Gasteiger partial charge in [-0.05, 0) is 6.92 Å². The van der Waals surface area contributed by atoms with Crippen LogP contribution >= 0.6 is 0 Å². The van der Waals surface area contributed by atoms with Crippen LogP contribution in [0.15, 0.2) is 0 Å². The van der Waals surface area contributed by atoms with Crippen LogP contribution in [0, 0.1) is 0 Å². The number of hydrogen-bond acceptors (Lipinski definition) is 2. The first-order valence-corrected chi connectivity index (χ1v) is 2.81. The van der Waals surface area contributed by atoms with Gasteiger partial charge in [0.15, 0.2) is 6.29 Å². The Hall–Kier alpha value is -0.800. The average Bonchev–Trinajstić information content (AvgIpc) is 1.85. The maximum absolute atomic E-state index is 12.0. The van der Waals surface area contributed by atoms with E-state index in [0.29, 0.717) is 0 Å². The van der Waals surface area contributed by atoms with E-state index in [1.54, 1.807) is 0 Å². The molecule has 0 heterocycles. The molecule has 0 aromatic carbocycles. The van der Waals surface area contributed by atoms with E-state index in [2.05, 4.69) is 0 Å². The standard InChI is InChI=1S/C6H8F2O2/c1-5(10)2-3-6(7,8)4-9/h4H,2-3H2,1H3. The first-order valence-electron chi connectivity index (χ1n) is 2.81. The molecule has 0 saturated heterocycles. The van der Waals surface area contributed by atoms with Crippen LogP contribution in [-0.4, -0.2) is 18.0 Å². The van der Waals surface area contributed by atoms with Crippen molar-refractivity contribution in [2.75, 3.05) is 0 Å². The van der Waals surface area contributed by atoms with E-state index in [1.165, 1.54) is 6.92 Å². The molecule has 0 N–H and O–H groups in total. The highest BCUT2D eigenvalue weighted by molar-refractivity contribution is 5.76. The number of rotatable bonds is 4. The number of aldehydes is 1. The smallest absolute Gasteiger partial charge is 0.300 e. The van der Waals surface area contributed by atoms with E-state index in [1.807, 2.05) is 0 Å². The van der Waals surface area contributed by atoms with Gasteiger partial charge in [-0.1, -0.05) is 0 Å². The quantitative estimate of drug-likeness (QED) is 0.564. The molecule has 0 saturated carbocycles. The van der Waals surface area contributed by atoms with Gasteiger partial charge < -0.3 is 4.79 Å². The zero-order valence-corrected chi connectivity index (χ0v) is 5.56. The Bertz CT molecular complexity index is 143. The first kappa shape index (κ1) is 9.20. The summed E-state index contributed by atoms with van der Waals surface area (Å²) in [5, 5.41) is 0. The lowest BCUT2D eigenvalue weighted by atomic mass is 10.1. The Labute approximate surface area is 57.2 Å². The van der Waals surface area contributed by atoms with Gasteiger partial charge in [0, 0.05) is 12.8 Å². The van der Waals surface area contributed by atoms with Gasteiger partial charge in [0.05, 0.1) is 0 Å². The monoisotopic (exact) mass is 150 g/mol. The molecule has 0 unspecified atom stereocenters. The lowest BCUT2D eigenvalue weighted by Gasteiger charge is -2.05. The summed E-state index contributed by atoms with van der Waals surface area (Å²) in [6.45, 7) is 1.21. The molecule has 4 heteroatoms. The molecular weight excluding hydrogens is 142 g/mol. The molecule has 0 aliphatic carbocycles. The van der Waals surface area contributed by atoms with Crippen molar-refractivity contribution in [2.45, 2.75) is 25.7 Å². The van der Waals surface area contributed by atoms with Gasteiger partial charge in [0.1, 0.15) is 5.78 Å². The summed E-state index contributed by atoms with van der Waals surface area (Å²) in [5.74, 6) is -3.66. The predicted octanol–water partition coefficient (Wildman–Crippen LogP) is 1.19. The fourth-order valence-electron chi connectivity index (χ4n) is 0.402. The molecule has 0 aliphatic heterocycles. The van der Waals surface area contributed by atoms with Gasteiger partial charge in [-0.15, -0.1) is 0 Å². The molecular formula is C6H8F2O2. The maximum atomic E-state index is 12.0. The van der Waals surface area contributed by atoms with Crippen molar-refractivity contribution in [3.63, 3.8) is 0 Å². The Kier molecular flexibility index (Phi) is 3.12. The Morgan fingerprint density at radius 1 is 1.60 bits per heavy atom. The molecule has 0 spiro atoms. The summed E-state index contributed by atoms with van der Waals surface area (Å²) in [7, 11) is 0. The molecule has 0 aromatic heterocycles. The van der Waals surface area contributed by atoms with Crippen LogP contribution in [0.4, 0.5) is 8.78 Å². The second-order valence-electron chi connectivity index (χ2n) is 2.08. The Morgan fingerprint density at radius 2 is 2.10 bits per heavy atom. The minimum Gasteiger partial charge on any atom is -0.300 e. The largest absolute Gasteiger partial charge is 0.302 e. The van der Waals surface area contributed by atoms with Crippen molar-refractivity contribution in [1.82, 2.24) is 0 Å². The number of halogens is 2. The van der Waals surface area contributed by atoms with Crippen molar-refractivity contribution in [2.24, 2.45) is 0 Å².